The summed E-state index contributed by atoms with van der Waals surface area (Å²) < 4.78 is 5.86. The summed E-state index contributed by atoms with van der Waals surface area (Å²) in [5.41, 5.74) is 0. The molecule has 1 saturated heterocycles. The molecule has 1 aliphatic carbocycles. The fraction of sp³-hybridized carbons (Fsp3) is 0.933. The third-order valence-corrected chi connectivity index (χ3v) is 4.19. The van der Waals surface area contributed by atoms with Crippen LogP contribution in [-0.2, 0) is 9.53 Å². The molecule has 2 aliphatic rings. The highest BCUT2D eigenvalue weighted by atomic mass is 16.5. The minimum absolute atomic E-state index is 0.00137. The molecule has 1 N–H and O–H groups in total. The van der Waals surface area contributed by atoms with Crippen molar-refractivity contribution in [1.29, 1.82) is 0 Å². The van der Waals surface area contributed by atoms with Crippen LogP contribution in [-0.4, -0.2) is 42.3 Å². The van der Waals surface area contributed by atoms with E-state index >= 15 is 0 Å². The molecule has 19 heavy (non-hydrogen) atoms. The van der Waals surface area contributed by atoms with E-state index < -0.39 is 0 Å². The van der Waals surface area contributed by atoms with Crippen LogP contribution in [0.25, 0.3) is 0 Å². The van der Waals surface area contributed by atoms with E-state index in [9.17, 15) is 4.79 Å². The number of nitrogens with zero attached hydrogens (tertiary/aromatic N) is 1. The molecule has 1 heterocycles. The molecule has 2 fully saturated rings. The molecule has 0 bridgehead atoms. The summed E-state index contributed by atoms with van der Waals surface area (Å²) in [5, 5.41) is 3.38. The number of ether oxygens (including phenoxy) is 1. The van der Waals surface area contributed by atoms with Crippen molar-refractivity contribution in [3.63, 3.8) is 0 Å². The maximum Gasteiger partial charge on any atom is 0.241 e. The maximum absolute atomic E-state index is 12.3. The number of hydrogen-bond donors (Lipinski definition) is 1. The van der Waals surface area contributed by atoms with Crippen LogP contribution in [0.1, 0.15) is 52.9 Å². The Morgan fingerprint density at radius 2 is 2.05 bits per heavy atom. The lowest BCUT2D eigenvalue weighted by atomic mass is 10.0. The highest BCUT2D eigenvalue weighted by Crippen LogP contribution is 2.21. The lowest BCUT2D eigenvalue weighted by Gasteiger charge is -2.22. The van der Waals surface area contributed by atoms with E-state index in [1.807, 2.05) is 4.90 Å². The average Bonchev–Trinajstić information content (AvgIpc) is 2.92. The maximum atomic E-state index is 12.3. The third kappa shape index (κ3) is 3.93. The topological polar surface area (TPSA) is 41.6 Å². The second-order valence-electron chi connectivity index (χ2n) is 6.33. The third-order valence-electron chi connectivity index (χ3n) is 4.19. The zero-order valence-electron chi connectivity index (χ0n) is 12.5. The predicted molar refractivity (Wildman–Crippen MR) is 75.8 cm³/mol. The normalized spacial score (nSPS) is 28.8. The van der Waals surface area contributed by atoms with E-state index in [0.29, 0.717) is 18.6 Å². The average molecular weight is 268 g/mol. The van der Waals surface area contributed by atoms with Crippen molar-refractivity contribution < 1.29 is 9.53 Å². The Morgan fingerprint density at radius 1 is 1.37 bits per heavy atom. The first-order valence-corrected chi connectivity index (χ1v) is 7.76. The summed E-state index contributed by atoms with van der Waals surface area (Å²) >= 11 is 0. The molecule has 2 unspecified atom stereocenters. The van der Waals surface area contributed by atoms with Gasteiger partial charge in [-0.15, -0.1) is 0 Å². The summed E-state index contributed by atoms with van der Waals surface area (Å²) in [7, 11) is 0. The molecule has 1 aliphatic heterocycles. The van der Waals surface area contributed by atoms with Crippen molar-refractivity contribution in [1.82, 2.24) is 10.2 Å². The molecule has 0 aromatic heterocycles. The van der Waals surface area contributed by atoms with Crippen molar-refractivity contribution in [3.05, 3.63) is 0 Å². The van der Waals surface area contributed by atoms with Gasteiger partial charge in [-0.1, -0.05) is 26.7 Å². The molecule has 1 amide bonds. The molecule has 0 radical (unpaired) electrons. The van der Waals surface area contributed by atoms with Gasteiger partial charge in [-0.3, -0.25) is 10.1 Å². The van der Waals surface area contributed by atoms with E-state index in [1.54, 1.807) is 0 Å². The van der Waals surface area contributed by atoms with Crippen molar-refractivity contribution in [2.75, 3.05) is 13.2 Å². The predicted octanol–water partition coefficient (Wildman–Crippen LogP) is 2.14. The number of amides is 1. The Balaban J connectivity index is 1.74. The van der Waals surface area contributed by atoms with Crippen LogP contribution in [0.4, 0.5) is 0 Å². The van der Waals surface area contributed by atoms with Crippen LogP contribution in [0.3, 0.4) is 0 Å². The minimum Gasteiger partial charge on any atom is -0.376 e. The molecule has 1 saturated carbocycles. The summed E-state index contributed by atoms with van der Waals surface area (Å²) in [6.07, 6.45) is 6.47. The van der Waals surface area contributed by atoms with Crippen molar-refractivity contribution in [2.24, 2.45) is 5.92 Å². The van der Waals surface area contributed by atoms with Gasteiger partial charge in [0.1, 0.15) is 0 Å². The van der Waals surface area contributed by atoms with Gasteiger partial charge in [0, 0.05) is 6.54 Å². The second-order valence-corrected chi connectivity index (χ2v) is 6.33. The van der Waals surface area contributed by atoms with Crippen LogP contribution >= 0.6 is 0 Å². The van der Waals surface area contributed by atoms with Crippen LogP contribution in [0, 0.1) is 5.92 Å². The van der Waals surface area contributed by atoms with Gasteiger partial charge < -0.3 is 9.64 Å². The molecule has 0 aromatic carbocycles. The van der Waals surface area contributed by atoms with Gasteiger partial charge in [0.15, 0.2) is 0 Å². The largest absolute Gasteiger partial charge is 0.376 e. The first kappa shape index (κ1) is 14.8. The monoisotopic (exact) mass is 268 g/mol. The Labute approximate surface area is 116 Å². The molecule has 2 rings (SSSR count). The SMILES string of the molecule is CC(C)CC1NC(C)N(CCOC2CCCC2)C1=O. The minimum atomic E-state index is 0.00137. The van der Waals surface area contributed by atoms with Crippen molar-refractivity contribution in [2.45, 2.75) is 71.2 Å². The summed E-state index contributed by atoms with van der Waals surface area (Å²) in [5.74, 6) is 0.791. The van der Waals surface area contributed by atoms with Gasteiger partial charge in [-0.05, 0) is 32.1 Å². The summed E-state index contributed by atoms with van der Waals surface area (Å²) in [4.78, 5) is 14.2. The zero-order valence-corrected chi connectivity index (χ0v) is 12.5. The molecule has 110 valence electrons. The van der Waals surface area contributed by atoms with E-state index in [0.717, 1.165) is 13.0 Å². The van der Waals surface area contributed by atoms with E-state index in [4.69, 9.17) is 4.74 Å². The lowest BCUT2D eigenvalue weighted by molar-refractivity contribution is -0.131. The highest BCUT2D eigenvalue weighted by Gasteiger charge is 2.36. The summed E-state index contributed by atoms with van der Waals surface area (Å²) in [6, 6.07) is 0.00137. The molecule has 4 nitrogen and oxygen atoms in total. The molecule has 4 heteroatoms. The molecular formula is C15H28N2O2. The number of carbonyl (C=O) groups is 1. The van der Waals surface area contributed by atoms with Crippen LogP contribution in [0.5, 0.6) is 0 Å². The zero-order chi connectivity index (χ0) is 13.8. The van der Waals surface area contributed by atoms with Crippen molar-refractivity contribution in [3.8, 4) is 0 Å². The Hall–Kier alpha value is -0.610. The van der Waals surface area contributed by atoms with Crippen LogP contribution in [0.2, 0.25) is 0 Å². The quantitative estimate of drug-likeness (QED) is 0.802. The Bertz CT molecular complexity index is 301. The number of nitrogens with one attached hydrogen (secondary N) is 1. The smallest absolute Gasteiger partial charge is 0.241 e. The van der Waals surface area contributed by atoms with Gasteiger partial charge in [0.05, 0.1) is 24.9 Å². The Kier molecular flexibility index (Phi) is 5.22. The van der Waals surface area contributed by atoms with Gasteiger partial charge in [0.2, 0.25) is 5.91 Å². The van der Waals surface area contributed by atoms with Crippen molar-refractivity contribution >= 4 is 5.91 Å². The molecule has 0 spiro atoms. The van der Waals surface area contributed by atoms with E-state index in [2.05, 4.69) is 26.1 Å². The lowest BCUT2D eigenvalue weighted by Crippen LogP contribution is -2.37. The van der Waals surface area contributed by atoms with Gasteiger partial charge >= 0.3 is 0 Å². The van der Waals surface area contributed by atoms with E-state index in [-0.39, 0.29) is 18.1 Å². The number of hydrogen-bond acceptors (Lipinski definition) is 3. The molecule has 0 aromatic rings. The van der Waals surface area contributed by atoms with E-state index in [1.165, 1.54) is 25.7 Å². The number of rotatable bonds is 6. The standard InChI is InChI=1S/C15H28N2O2/c1-11(2)10-14-15(18)17(12(3)16-14)8-9-19-13-6-4-5-7-13/h11-14,16H,4-10H2,1-3H3. The van der Waals surface area contributed by atoms with Gasteiger partial charge in [0.25, 0.3) is 0 Å². The van der Waals surface area contributed by atoms with Crippen LogP contribution in [0.15, 0.2) is 0 Å². The molecule has 2 atom stereocenters. The molecular weight excluding hydrogens is 240 g/mol. The summed E-state index contributed by atoms with van der Waals surface area (Å²) in [6.45, 7) is 7.78. The first-order valence-electron chi connectivity index (χ1n) is 7.76. The van der Waals surface area contributed by atoms with Gasteiger partial charge in [-0.25, -0.2) is 0 Å². The first-order chi connectivity index (χ1) is 9.08. The highest BCUT2D eigenvalue weighted by molar-refractivity contribution is 5.84. The fourth-order valence-electron chi connectivity index (χ4n) is 3.16. The van der Waals surface area contributed by atoms with Crippen LogP contribution < -0.4 is 5.32 Å². The fourth-order valence-corrected chi connectivity index (χ4v) is 3.16. The number of carbonyl (C=O) groups excluding carboxylic acids is 1. The van der Waals surface area contributed by atoms with Gasteiger partial charge in [-0.2, -0.15) is 0 Å². The second kappa shape index (κ2) is 6.71. The Morgan fingerprint density at radius 3 is 2.68 bits per heavy atom.